The van der Waals surface area contributed by atoms with Crippen LogP contribution in [0, 0.1) is 6.92 Å². The van der Waals surface area contributed by atoms with E-state index in [1.54, 1.807) is 35.2 Å². The molecule has 1 aliphatic rings. The molecule has 2 aromatic rings. The number of piperazine rings is 1. The summed E-state index contributed by atoms with van der Waals surface area (Å²) in [6.07, 6.45) is 2.81. The number of aromatic nitrogens is 1. The summed E-state index contributed by atoms with van der Waals surface area (Å²) in [5.74, 6) is -0.135. The van der Waals surface area contributed by atoms with Crippen molar-refractivity contribution in [3.63, 3.8) is 0 Å². The molecule has 0 saturated carbocycles. The lowest BCUT2D eigenvalue weighted by Gasteiger charge is -2.27. The van der Waals surface area contributed by atoms with Gasteiger partial charge in [-0.05, 0) is 25.1 Å². The zero-order chi connectivity index (χ0) is 16.4. The monoisotopic (exact) mass is 369 g/mol. The third-order valence-corrected chi connectivity index (χ3v) is 5.56. The van der Waals surface area contributed by atoms with Crippen molar-refractivity contribution in [1.82, 2.24) is 14.2 Å². The highest BCUT2D eigenvalue weighted by Gasteiger charge is 2.22. The van der Waals surface area contributed by atoms with Crippen molar-refractivity contribution < 1.29 is 13.2 Å². The summed E-state index contributed by atoms with van der Waals surface area (Å²) in [5.41, 5.74) is 1.38. The number of halogens is 1. The molecule has 0 bridgehead atoms. The van der Waals surface area contributed by atoms with Gasteiger partial charge in [-0.3, -0.25) is 4.79 Å². The second-order valence-corrected chi connectivity index (χ2v) is 7.43. The van der Waals surface area contributed by atoms with Crippen molar-refractivity contribution in [2.24, 2.45) is 0 Å². The number of benzene rings is 1. The van der Waals surface area contributed by atoms with Crippen molar-refractivity contribution in [2.45, 2.75) is 11.8 Å². The number of hydrogen-bond acceptors (Lipinski definition) is 4. The van der Waals surface area contributed by atoms with Crippen molar-refractivity contribution in [3.05, 3.63) is 53.9 Å². The topological polar surface area (TPSA) is 71.4 Å². The molecule has 0 radical (unpaired) electrons. The maximum absolute atomic E-state index is 12.6. The number of nitrogens with one attached hydrogen (secondary N) is 1. The van der Waals surface area contributed by atoms with Crippen LogP contribution in [-0.4, -0.2) is 49.4 Å². The van der Waals surface area contributed by atoms with Gasteiger partial charge in [0.25, 0.3) is 15.9 Å². The SMILES string of the molecule is Cc1ccc(S(=O)(=O)n2ccc(C(=O)N3CCNCC3)c2)cc1.Cl. The summed E-state index contributed by atoms with van der Waals surface area (Å²) < 4.78 is 26.3. The van der Waals surface area contributed by atoms with E-state index in [1.807, 2.05) is 6.92 Å². The summed E-state index contributed by atoms with van der Waals surface area (Å²) in [6.45, 7) is 4.68. The van der Waals surface area contributed by atoms with E-state index in [9.17, 15) is 13.2 Å². The third-order valence-electron chi connectivity index (χ3n) is 3.91. The molecule has 130 valence electrons. The maximum atomic E-state index is 12.6. The molecule has 3 rings (SSSR count). The van der Waals surface area contributed by atoms with E-state index >= 15 is 0 Å². The molecule has 0 aliphatic carbocycles. The van der Waals surface area contributed by atoms with Gasteiger partial charge < -0.3 is 10.2 Å². The van der Waals surface area contributed by atoms with Gasteiger partial charge in [0.15, 0.2) is 0 Å². The van der Waals surface area contributed by atoms with E-state index in [1.165, 1.54) is 12.4 Å². The Bertz CT molecular complexity index is 809. The van der Waals surface area contributed by atoms with E-state index in [4.69, 9.17) is 0 Å². The highest BCUT2D eigenvalue weighted by molar-refractivity contribution is 7.90. The highest BCUT2D eigenvalue weighted by Crippen LogP contribution is 2.17. The van der Waals surface area contributed by atoms with Crippen LogP contribution in [0.5, 0.6) is 0 Å². The molecular weight excluding hydrogens is 350 g/mol. The Morgan fingerprint density at radius 2 is 1.71 bits per heavy atom. The molecule has 1 aromatic heterocycles. The van der Waals surface area contributed by atoms with E-state index in [0.717, 1.165) is 22.6 Å². The Balaban J connectivity index is 0.00000208. The van der Waals surface area contributed by atoms with Gasteiger partial charge in [0.1, 0.15) is 0 Å². The number of carbonyl (C=O) groups is 1. The lowest BCUT2D eigenvalue weighted by Crippen LogP contribution is -2.46. The van der Waals surface area contributed by atoms with Crippen LogP contribution < -0.4 is 5.32 Å². The van der Waals surface area contributed by atoms with Gasteiger partial charge in [0, 0.05) is 38.6 Å². The van der Waals surface area contributed by atoms with E-state index in [0.29, 0.717) is 18.7 Å². The van der Waals surface area contributed by atoms with Gasteiger partial charge in [0.05, 0.1) is 10.5 Å². The number of carbonyl (C=O) groups excluding carboxylic acids is 1. The molecule has 1 aliphatic heterocycles. The fraction of sp³-hybridized carbons (Fsp3) is 0.312. The first-order valence-corrected chi connectivity index (χ1v) is 8.93. The number of hydrogen-bond donors (Lipinski definition) is 1. The van der Waals surface area contributed by atoms with Gasteiger partial charge >= 0.3 is 0 Å². The lowest BCUT2D eigenvalue weighted by atomic mass is 10.2. The lowest BCUT2D eigenvalue weighted by molar-refractivity contribution is 0.0736. The minimum atomic E-state index is -3.67. The second-order valence-electron chi connectivity index (χ2n) is 5.59. The molecule has 1 N–H and O–H groups in total. The second kappa shape index (κ2) is 7.38. The molecular formula is C16H20ClN3O3S. The number of rotatable bonds is 3. The summed E-state index contributed by atoms with van der Waals surface area (Å²) in [5, 5.41) is 3.18. The average molecular weight is 370 g/mol. The van der Waals surface area contributed by atoms with Crippen LogP contribution in [-0.2, 0) is 10.0 Å². The highest BCUT2D eigenvalue weighted by atomic mass is 35.5. The molecule has 24 heavy (non-hydrogen) atoms. The standard InChI is InChI=1S/C16H19N3O3S.ClH/c1-13-2-4-15(5-3-13)23(21,22)19-9-6-14(12-19)16(20)18-10-7-17-8-11-18;/h2-6,9,12,17H,7-8,10-11H2,1H3;1H. The average Bonchev–Trinajstić information content (AvgIpc) is 3.06. The van der Waals surface area contributed by atoms with Gasteiger partial charge in [-0.25, -0.2) is 12.4 Å². The predicted octanol–water partition coefficient (Wildman–Crippen LogP) is 1.50. The van der Waals surface area contributed by atoms with Crippen molar-refractivity contribution in [1.29, 1.82) is 0 Å². The molecule has 1 aromatic carbocycles. The van der Waals surface area contributed by atoms with Crippen LogP contribution in [0.4, 0.5) is 0 Å². The number of amides is 1. The Hall–Kier alpha value is -1.83. The summed E-state index contributed by atoms with van der Waals surface area (Å²) in [4.78, 5) is 14.4. The Morgan fingerprint density at radius 3 is 2.33 bits per heavy atom. The Labute approximate surface area is 147 Å². The van der Waals surface area contributed by atoms with Crippen LogP contribution in [0.2, 0.25) is 0 Å². The van der Waals surface area contributed by atoms with Gasteiger partial charge in [-0.1, -0.05) is 17.7 Å². The largest absolute Gasteiger partial charge is 0.336 e. The number of nitrogens with zero attached hydrogens (tertiary/aromatic N) is 2. The summed E-state index contributed by atoms with van der Waals surface area (Å²) in [6, 6.07) is 8.20. The van der Waals surface area contributed by atoms with Crippen molar-refractivity contribution >= 4 is 28.3 Å². The van der Waals surface area contributed by atoms with Crippen LogP contribution in [0.1, 0.15) is 15.9 Å². The van der Waals surface area contributed by atoms with E-state index in [-0.39, 0.29) is 23.2 Å². The fourth-order valence-electron chi connectivity index (χ4n) is 2.54. The first kappa shape index (κ1) is 18.5. The summed E-state index contributed by atoms with van der Waals surface area (Å²) >= 11 is 0. The molecule has 1 fully saturated rings. The number of aryl methyl sites for hydroxylation is 1. The molecule has 6 nitrogen and oxygen atoms in total. The molecule has 0 unspecified atom stereocenters. The zero-order valence-electron chi connectivity index (χ0n) is 13.3. The minimum absolute atomic E-state index is 0. The van der Waals surface area contributed by atoms with Gasteiger partial charge in [0.2, 0.25) is 0 Å². The van der Waals surface area contributed by atoms with Crippen LogP contribution in [0.25, 0.3) is 0 Å². The summed E-state index contributed by atoms with van der Waals surface area (Å²) in [7, 11) is -3.67. The first-order chi connectivity index (χ1) is 11.0. The fourth-order valence-corrected chi connectivity index (χ4v) is 3.73. The van der Waals surface area contributed by atoms with Gasteiger partial charge in [-0.15, -0.1) is 12.4 Å². The normalized spacial score (nSPS) is 15.0. The van der Waals surface area contributed by atoms with Crippen molar-refractivity contribution in [3.8, 4) is 0 Å². The first-order valence-electron chi connectivity index (χ1n) is 7.49. The molecule has 2 heterocycles. The van der Waals surface area contributed by atoms with Crippen LogP contribution >= 0.6 is 12.4 Å². The third kappa shape index (κ3) is 3.63. The molecule has 0 atom stereocenters. The maximum Gasteiger partial charge on any atom is 0.267 e. The van der Waals surface area contributed by atoms with E-state index in [2.05, 4.69) is 5.32 Å². The quantitative estimate of drug-likeness (QED) is 0.890. The van der Waals surface area contributed by atoms with Crippen molar-refractivity contribution in [2.75, 3.05) is 26.2 Å². The Morgan fingerprint density at radius 1 is 1.08 bits per heavy atom. The Kier molecular flexibility index (Phi) is 5.69. The van der Waals surface area contributed by atoms with Crippen LogP contribution in [0.15, 0.2) is 47.6 Å². The minimum Gasteiger partial charge on any atom is -0.336 e. The molecule has 0 spiro atoms. The predicted molar refractivity (Wildman–Crippen MR) is 94.2 cm³/mol. The van der Waals surface area contributed by atoms with E-state index < -0.39 is 10.0 Å². The zero-order valence-corrected chi connectivity index (χ0v) is 14.9. The van der Waals surface area contributed by atoms with Gasteiger partial charge in [-0.2, -0.15) is 0 Å². The molecule has 8 heteroatoms. The van der Waals surface area contributed by atoms with Crippen LogP contribution in [0.3, 0.4) is 0 Å². The molecule has 1 amide bonds. The smallest absolute Gasteiger partial charge is 0.267 e. The molecule has 1 saturated heterocycles.